The summed E-state index contributed by atoms with van der Waals surface area (Å²) in [6, 6.07) is 19.1. The van der Waals surface area contributed by atoms with Gasteiger partial charge in [-0.2, -0.15) is 9.41 Å². The van der Waals surface area contributed by atoms with Crippen molar-refractivity contribution >= 4 is 60.8 Å². The van der Waals surface area contributed by atoms with Crippen molar-refractivity contribution in [3.8, 4) is 0 Å². The van der Waals surface area contributed by atoms with Crippen LogP contribution in [0.5, 0.6) is 0 Å². The SMILES string of the molecule is O=[N+]([O-])c1cc(S(=O)(=O)N2CCOCC2)ccc1N/N=C/c1c2ccccc2c(Cl)c2ccccc12. The van der Waals surface area contributed by atoms with Crippen molar-refractivity contribution in [2.45, 2.75) is 4.90 Å². The molecule has 1 saturated heterocycles. The number of benzene rings is 4. The van der Waals surface area contributed by atoms with Gasteiger partial charge < -0.3 is 4.74 Å². The van der Waals surface area contributed by atoms with Gasteiger partial charge in [0.05, 0.1) is 34.3 Å². The van der Waals surface area contributed by atoms with Crippen molar-refractivity contribution < 1.29 is 18.1 Å². The van der Waals surface area contributed by atoms with Gasteiger partial charge in [-0.05, 0) is 22.9 Å². The first-order valence-corrected chi connectivity index (χ1v) is 12.9. The molecule has 36 heavy (non-hydrogen) atoms. The molecule has 0 spiro atoms. The molecule has 1 fully saturated rings. The average molecular weight is 525 g/mol. The zero-order valence-corrected chi connectivity index (χ0v) is 20.5. The van der Waals surface area contributed by atoms with Crippen molar-refractivity contribution in [3.05, 3.63) is 87.4 Å². The number of hydrogen-bond donors (Lipinski definition) is 1. The van der Waals surface area contributed by atoms with Gasteiger partial charge in [-0.3, -0.25) is 15.5 Å². The fraction of sp³-hybridized carbons (Fsp3) is 0.160. The second kappa shape index (κ2) is 9.82. The van der Waals surface area contributed by atoms with Crippen LogP contribution in [0.3, 0.4) is 0 Å². The van der Waals surface area contributed by atoms with Crippen LogP contribution in [-0.4, -0.2) is 50.2 Å². The third kappa shape index (κ3) is 4.40. The fourth-order valence-electron chi connectivity index (χ4n) is 4.27. The minimum absolute atomic E-state index is 0.0692. The van der Waals surface area contributed by atoms with Gasteiger partial charge in [0.2, 0.25) is 10.0 Å². The quantitative estimate of drug-likeness (QED) is 0.164. The van der Waals surface area contributed by atoms with Crippen molar-refractivity contribution in [1.29, 1.82) is 0 Å². The van der Waals surface area contributed by atoms with E-state index in [1.54, 1.807) is 6.21 Å². The molecule has 0 radical (unpaired) electrons. The lowest BCUT2D eigenvalue weighted by molar-refractivity contribution is -0.384. The minimum atomic E-state index is -3.88. The number of hydrazone groups is 1. The van der Waals surface area contributed by atoms with Gasteiger partial charge in [-0.15, -0.1) is 0 Å². The summed E-state index contributed by atoms with van der Waals surface area (Å²) in [6.45, 7) is 0.959. The number of morpholine rings is 1. The molecule has 0 saturated carbocycles. The van der Waals surface area contributed by atoms with Gasteiger partial charge in [-0.1, -0.05) is 60.1 Å². The van der Waals surface area contributed by atoms with E-state index < -0.39 is 20.6 Å². The average Bonchev–Trinajstić information content (AvgIpc) is 2.91. The van der Waals surface area contributed by atoms with E-state index >= 15 is 0 Å². The molecule has 0 unspecified atom stereocenters. The van der Waals surface area contributed by atoms with Gasteiger partial charge >= 0.3 is 0 Å². The molecule has 1 N–H and O–H groups in total. The van der Waals surface area contributed by atoms with Crippen LogP contribution < -0.4 is 5.43 Å². The number of nitrogens with zero attached hydrogens (tertiary/aromatic N) is 3. The zero-order valence-electron chi connectivity index (χ0n) is 18.9. The number of nitro benzene ring substituents is 1. The number of halogens is 1. The summed E-state index contributed by atoms with van der Waals surface area (Å²) in [5.74, 6) is 0. The van der Waals surface area contributed by atoms with Crippen LogP contribution >= 0.6 is 11.6 Å². The Bertz CT molecular complexity index is 1560. The van der Waals surface area contributed by atoms with Crippen LogP contribution in [0.1, 0.15) is 5.56 Å². The highest BCUT2D eigenvalue weighted by molar-refractivity contribution is 7.89. The molecule has 1 aliphatic rings. The maximum atomic E-state index is 12.9. The van der Waals surface area contributed by atoms with Crippen LogP contribution in [0.25, 0.3) is 21.5 Å². The second-order valence-electron chi connectivity index (χ2n) is 8.14. The highest BCUT2D eigenvalue weighted by atomic mass is 35.5. The molecule has 0 amide bonds. The number of hydrogen-bond acceptors (Lipinski definition) is 7. The Hall–Kier alpha value is -3.57. The topological polar surface area (TPSA) is 114 Å². The Balaban J connectivity index is 1.51. The molecular formula is C25H21ClN4O5S. The lowest BCUT2D eigenvalue weighted by atomic mass is 9.97. The maximum absolute atomic E-state index is 12.9. The highest BCUT2D eigenvalue weighted by Crippen LogP contribution is 2.35. The van der Waals surface area contributed by atoms with Crippen LogP contribution in [0.4, 0.5) is 11.4 Å². The van der Waals surface area contributed by atoms with Crippen molar-refractivity contribution in [3.63, 3.8) is 0 Å². The van der Waals surface area contributed by atoms with Gasteiger partial charge in [0.25, 0.3) is 5.69 Å². The summed E-state index contributed by atoms with van der Waals surface area (Å²) < 4.78 is 32.3. The van der Waals surface area contributed by atoms with Gasteiger partial charge in [0.1, 0.15) is 5.69 Å². The largest absolute Gasteiger partial charge is 0.379 e. The Morgan fingerprint density at radius 3 is 2.14 bits per heavy atom. The Labute approximate surface area is 212 Å². The third-order valence-electron chi connectivity index (χ3n) is 6.06. The number of rotatable bonds is 6. The molecule has 0 aliphatic carbocycles. The number of anilines is 1. The van der Waals surface area contributed by atoms with E-state index in [1.165, 1.54) is 16.4 Å². The number of nitro groups is 1. The minimum Gasteiger partial charge on any atom is -0.379 e. The van der Waals surface area contributed by atoms with E-state index in [-0.39, 0.29) is 36.9 Å². The van der Waals surface area contributed by atoms with Crippen molar-refractivity contribution in [2.75, 3.05) is 31.7 Å². The molecule has 184 valence electrons. The second-order valence-corrected chi connectivity index (χ2v) is 10.5. The maximum Gasteiger partial charge on any atom is 0.295 e. The molecule has 11 heteroatoms. The predicted molar refractivity (Wildman–Crippen MR) is 140 cm³/mol. The number of nitrogens with one attached hydrogen (secondary N) is 1. The monoisotopic (exact) mass is 524 g/mol. The first-order valence-electron chi connectivity index (χ1n) is 11.1. The Morgan fingerprint density at radius 2 is 1.56 bits per heavy atom. The third-order valence-corrected chi connectivity index (χ3v) is 8.36. The summed E-state index contributed by atoms with van der Waals surface area (Å²) in [4.78, 5) is 11.0. The Morgan fingerprint density at radius 1 is 0.972 bits per heavy atom. The van der Waals surface area contributed by atoms with E-state index in [1.807, 2.05) is 48.5 Å². The van der Waals surface area contributed by atoms with Gasteiger partial charge in [0, 0.05) is 35.5 Å². The van der Waals surface area contributed by atoms with Crippen LogP contribution in [0.15, 0.2) is 76.7 Å². The molecule has 4 aromatic rings. The molecule has 1 heterocycles. The van der Waals surface area contributed by atoms with E-state index in [0.29, 0.717) is 5.02 Å². The number of sulfonamides is 1. The van der Waals surface area contributed by atoms with Crippen LogP contribution in [0, 0.1) is 10.1 Å². The predicted octanol–water partition coefficient (Wildman–Crippen LogP) is 5.02. The Kier molecular flexibility index (Phi) is 6.59. The molecule has 4 aromatic carbocycles. The fourth-order valence-corrected chi connectivity index (χ4v) is 6.03. The van der Waals surface area contributed by atoms with Crippen LogP contribution in [0.2, 0.25) is 5.02 Å². The molecule has 5 rings (SSSR count). The standard InChI is InChI=1S/C25H21ClN4O5S/c26-25-20-7-3-1-5-18(20)22(19-6-2-4-8-21(19)25)16-27-28-23-10-9-17(15-24(23)30(31)32)36(33,34)29-11-13-35-14-12-29/h1-10,15-16,28H,11-14H2/b27-16+. The zero-order chi connectivity index (χ0) is 25.3. The molecule has 1 aliphatic heterocycles. The summed E-state index contributed by atoms with van der Waals surface area (Å²) >= 11 is 6.65. The molecule has 0 atom stereocenters. The van der Waals surface area contributed by atoms with E-state index in [4.69, 9.17) is 16.3 Å². The van der Waals surface area contributed by atoms with Crippen molar-refractivity contribution in [2.24, 2.45) is 5.10 Å². The number of fused-ring (bicyclic) bond motifs is 2. The molecule has 9 nitrogen and oxygen atoms in total. The van der Waals surface area contributed by atoms with Gasteiger partial charge in [0.15, 0.2) is 0 Å². The summed E-state index contributed by atoms with van der Waals surface area (Å²) in [7, 11) is -3.88. The highest BCUT2D eigenvalue weighted by Gasteiger charge is 2.29. The van der Waals surface area contributed by atoms with Crippen molar-refractivity contribution in [1.82, 2.24) is 4.31 Å². The van der Waals surface area contributed by atoms with E-state index in [9.17, 15) is 18.5 Å². The smallest absolute Gasteiger partial charge is 0.295 e. The lowest BCUT2D eigenvalue weighted by Crippen LogP contribution is -2.40. The first kappa shape index (κ1) is 24.1. The van der Waals surface area contributed by atoms with E-state index in [2.05, 4.69) is 10.5 Å². The number of ether oxygens (including phenoxy) is 1. The summed E-state index contributed by atoms with van der Waals surface area (Å²) in [5.41, 5.74) is 3.18. The van der Waals surface area contributed by atoms with E-state index in [0.717, 1.165) is 33.2 Å². The first-order chi connectivity index (χ1) is 17.4. The summed E-state index contributed by atoms with van der Waals surface area (Å²) in [5, 5.41) is 20.2. The molecule has 0 bridgehead atoms. The molecular weight excluding hydrogens is 504 g/mol. The lowest BCUT2D eigenvalue weighted by Gasteiger charge is -2.26. The normalized spacial score (nSPS) is 15.0. The summed E-state index contributed by atoms with van der Waals surface area (Å²) in [6.07, 6.45) is 1.59. The molecule has 0 aromatic heterocycles. The van der Waals surface area contributed by atoms with Gasteiger partial charge in [-0.25, -0.2) is 8.42 Å². The van der Waals surface area contributed by atoms with Crippen LogP contribution in [-0.2, 0) is 14.8 Å².